The van der Waals surface area contributed by atoms with Gasteiger partial charge in [0.15, 0.2) is 5.79 Å². The lowest BCUT2D eigenvalue weighted by Gasteiger charge is -2.36. The summed E-state index contributed by atoms with van der Waals surface area (Å²) in [5.41, 5.74) is 1.45. The molecule has 0 saturated carbocycles. The molecule has 0 amide bonds. The van der Waals surface area contributed by atoms with Gasteiger partial charge in [0, 0.05) is 6.42 Å². The molecule has 1 atom stereocenters. The van der Waals surface area contributed by atoms with Crippen LogP contribution in [0.2, 0.25) is 0 Å². The summed E-state index contributed by atoms with van der Waals surface area (Å²) in [5.74, 6) is -0.920. The molecule has 1 aliphatic heterocycles. The molecule has 0 radical (unpaired) electrons. The summed E-state index contributed by atoms with van der Waals surface area (Å²) < 4.78 is 16.5. The van der Waals surface area contributed by atoms with E-state index in [-0.39, 0.29) is 12.1 Å². The molecule has 1 unspecified atom stereocenters. The smallest absolute Gasteiger partial charge is 0.338 e. The number of carbonyl (C=O) groups is 1. The summed E-state index contributed by atoms with van der Waals surface area (Å²) >= 11 is 0. The maximum absolute atomic E-state index is 12.0. The van der Waals surface area contributed by atoms with Crippen LogP contribution in [0.5, 0.6) is 0 Å². The van der Waals surface area contributed by atoms with Gasteiger partial charge < -0.3 is 14.2 Å². The lowest BCUT2D eigenvalue weighted by molar-refractivity contribution is -0.275. The Bertz CT molecular complexity index is 453. The normalized spacial score (nSPS) is 21.9. The zero-order valence-corrected chi connectivity index (χ0v) is 11.6. The van der Waals surface area contributed by atoms with Crippen LogP contribution < -0.4 is 0 Å². The van der Waals surface area contributed by atoms with Crippen molar-refractivity contribution in [3.63, 3.8) is 0 Å². The molecule has 0 aromatic heterocycles. The molecule has 0 bridgehead atoms. The minimum atomic E-state index is -0.620. The van der Waals surface area contributed by atoms with E-state index < -0.39 is 5.79 Å². The summed E-state index contributed by atoms with van der Waals surface area (Å²) in [5, 5.41) is 0. The summed E-state index contributed by atoms with van der Waals surface area (Å²) in [6.45, 7) is 6.55. The van der Waals surface area contributed by atoms with Crippen LogP contribution in [-0.2, 0) is 14.2 Å². The molecule has 0 N–H and O–H groups in total. The Balaban J connectivity index is 2.26. The fourth-order valence-corrected chi connectivity index (χ4v) is 2.24. The van der Waals surface area contributed by atoms with Gasteiger partial charge in [0.1, 0.15) is 0 Å². The monoisotopic (exact) mass is 264 g/mol. The van der Waals surface area contributed by atoms with Crippen LogP contribution in [0.1, 0.15) is 49.2 Å². The van der Waals surface area contributed by atoms with E-state index in [9.17, 15) is 4.79 Å². The van der Waals surface area contributed by atoms with Gasteiger partial charge in [0.25, 0.3) is 0 Å². The summed E-state index contributed by atoms with van der Waals surface area (Å²) in [6.07, 6.45) is 0.601. The summed E-state index contributed by atoms with van der Waals surface area (Å²) in [7, 11) is 0. The Kier molecular flexibility index (Phi) is 4.22. The molecule has 1 saturated heterocycles. The quantitative estimate of drug-likeness (QED) is 0.787. The summed E-state index contributed by atoms with van der Waals surface area (Å²) in [4.78, 5) is 12.0. The van der Waals surface area contributed by atoms with Crippen molar-refractivity contribution in [3.8, 4) is 0 Å². The van der Waals surface area contributed by atoms with Gasteiger partial charge in [-0.05, 0) is 32.4 Å². The molecule has 0 aliphatic carbocycles. The number of rotatable bonds is 3. The summed E-state index contributed by atoms with van der Waals surface area (Å²) in [6, 6.07) is 7.43. The van der Waals surface area contributed by atoms with Crippen molar-refractivity contribution in [2.45, 2.75) is 39.1 Å². The zero-order chi connectivity index (χ0) is 13.9. The highest BCUT2D eigenvalue weighted by atomic mass is 16.7. The molecule has 2 rings (SSSR count). The fourth-order valence-electron chi connectivity index (χ4n) is 2.24. The van der Waals surface area contributed by atoms with Crippen molar-refractivity contribution in [2.75, 3.05) is 13.2 Å². The van der Waals surface area contributed by atoms with Crippen molar-refractivity contribution in [1.82, 2.24) is 0 Å². The lowest BCUT2D eigenvalue weighted by atomic mass is 9.99. The average molecular weight is 264 g/mol. The highest BCUT2D eigenvalue weighted by Crippen LogP contribution is 2.34. The third-order valence-electron chi connectivity index (χ3n) is 3.06. The van der Waals surface area contributed by atoms with Crippen LogP contribution in [0.3, 0.4) is 0 Å². The molecule has 1 aromatic rings. The largest absolute Gasteiger partial charge is 0.462 e. The minimum Gasteiger partial charge on any atom is -0.462 e. The van der Waals surface area contributed by atoms with E-state index >= 15 is 0 Å². The fraction of sp³-hybridized carbons (Fsp3) is 0.533. The van der Waals surface area contributed by atoms with Gasteiger partial charge in [-0.2, -0.15) is 0 Å². The second kappa shape index (κ2) is 5.72. The van der Waals surface area contributed by atoms with Gasteiger partial charge in [0.2, 0.25) is 0 Å². The Morgan fingerprint density at radius 3 is 2.84 bits per heavy atom. The van der Waals surface area contributed by atoms with Gasteiger partial charge >= 0.3 is 5.97 Å². The van der Waals surface area contributed by atoms with Crippen molar-refractivity contribution in [3.05, 3.63) is 35.4 Å². The Morgan fingerprint density at radius 2 is 2.16 bits per heavy atom. The maximum atomic E-state index is 12.0. The predicted molar refractivity (Wildman–Crippen MR) is 70.9 cm³/mol. The van der Waals surface area contributed by atoms with E-state index in [1.165, 1.54) is 0 Å². The molecule has 19 heavy (non-hydrogen) atoms. The molecule has 1 heterocycles. The highest BCUT2D eigenvalue weighted by Gasteiger charge is 2.32. The first-order chi connectivity index (χ1) is 9.03. The number of hydrogen-bond donors (Lipinski definition) is 0. The number of esters is 1. The predicted octanol–water partition coefficient (Wildman–Crippen LogP) is 3.08. The van der Waals surface area contributed by atoms with E-state index in [1.54, 1.807) is 13.0 Å². The maximum Gasteiger partial charge on any atom is 0.338 e. The second-order valence-electron chi connectivity index (χ2n) is 4.95. The van der Waals surface area contributed by atoms with Crippen LogP contribution in [-0.4, -0.2) is 25.0 Å². The van der Waals surface area contributed by atoms with Crippen molar-refractivity contribution < 1.29 is 19.0 Å². The van der Waals surface area contributed by atoms with Crippen LogP contribution in [0.4, 0.5) is 0 Å². The number of hydrogen-bond acceptors (Lipinski definition) is 4. The second-order valence-corrected chi connectivity index (χ2v) is 4.95. The first kappa shape index (κ1) is 14.0. The molecule has 104 valence electrons. The molecule has 1 aliphatic rings. The van der Waals surface area contributed by atoms with Crippen LogP contribution in [0.25, 0.3) is 0 Å². The third kappa shape index (κ3) is 3.33. The third-order valence-corrected chi connectivity index (χ3v) is 3.06. The van der Waals surface area contributed by atoms with Gasteiger partial charge in [-0.3, -0.25) is 0 Å². The highest BCUT2D eigenvalue weighted by molar-refractivity contribution is 5.91. The molecular formula is C15H20O4. The molecule has 4 heteroatoms. The Morgan fingerprint density at radius 1 is 1.42 bits per heavy atom. The van der Waals surface area contributed by atoms with E-state index in [0.29, 0.717) is 18.8 Å². The van der Waals surface area contributed by atoms with E-state index in [4.69, 9.17) is 14.2 Å². The van der Waals surface area contributed by atoms with E-state index in [1.807, 2.05) is 32.0 Å². The number of ether oxygens (including phenoxy) is 3. The first-order valence-corrected chi connectivity index (χ1v) is 6.61. The Labute approximate surface area is 113 Å². The lowest BCUT2D eigenvalue weighted by Crippen LogP contribution is -2.36. The molecule has 1 fully saturated rings. The van der Waals surface area contributed by atoms with Crippen LogP contribution >= 0.6 is 0 Å². The molecule has 4 nitrogen and oxygen atoms in total. The van der Waals surface area contributed by atoms with Gasteiger partial charge in [-0.15, -0.1) is 0 Å². The molecule has 0 spiro atoms. The standard InChI is InChI=1S/C15H20O4/c1-4-17-14(16)12-8-6-5-7-11(12)13-9-10-18-15(2,3)19-13/h5-8,13H,4,9-10H2,1-3H3. The van der Waals surface area contributed by atoms with Gasteiger partial charge in [-0.1, -0.05) is 18.2 Å². The van der Waals surface area contributed by atoms with Crippen LogP contribution in [0.15, 0.2) is 24.3 Å². The minimum absolute atomic E-state index is 0.135. The number of carbonyl (C=O) groups excluding carboxylic acids is 1. The van der Waals surface area contributed by atoms with E-state index in [0.717, 1.165) is 12.0 Å². The average Bonchev–Trinajstić information content (AvgIpc) is 2.38. The first-order valence-electron chi connectivity index (χ1n) is 6.61. The van der Waals surface area contributed by atoms with E-state index in [2.05, 4.69) is 0 Å². The molecular weight excluding hydrogens is 244 g/mol. The number of benzene rings is 1. The zero-order valence-electron chi connectivity index (χ0n) is 11.6. The van der Waals surface area contributed by atoms with Crippen molar-refractivity contribution in [1.29, 1.82) is 0 Å². The van der Waals surface area contributed by atoms with Gasteiger partial charge in [0.05, 0.1) is 24.9 Å². The SMILES string of the molecule is CCOC(=O)c1ccccc1C1CCOC(C)(C)O1. The van der Waals surface area contributed by atoms with Crippen LogP contribution in [0, 0.1) is 0 Å². The van der Waals surface area contributed by atoms with Gasteiger partial charge in [-0.25, -0.2) is 4.79 Å². The Hall–Kier alpha value is -1.39. The topological polar surface area (TPSA) is 44.8 Å². The molecule has 1 aromatic carbocycles. The van der Waals surface area contributed by atoms with Crippen molar-refractivity contribution >= 4 is 5.97 Å². The van der Waals surface area contributed by atoms with Crippen molar-refractivity contribution in [2.24, 2.45) is 0 Å².